The molecule has 1 heterocycles. The topological polar surface area (TPSA) is 43.8 Å². The van der Waals surface area contributed by atoms with Crippen LogP contribution in [0.2, 0.25) is 0 Å². The molecule has 3 nitrogen and oxygen atoms in total. The molecular weight excluding hydrogens is 234 g/mol. The number of nitrogen functional groups attached to an aromatic ring is 1. The average molecular weight is 255 g/mol. The first-order valence-corrected chi connectivity index (χ1v) is 7.06. The minimum absolute atomic E-state index is 0.401. The van der Waals surface area contributed by atoms with Crippen LogP contribution in [-0.2, 0) is 6.54 Å². The van der Waals surface area contributed by atoms with Gasteiger partial charge in [-0.1, -0.05) is 44.2 Å². The Bertz CT molecular complexity index is 565. The summed E-state index contributed by atoms with van der Waals surface area (Å²) in [6.07, 6.45) is 2.48. The van der Waals surface area contributed by atoms with E-state index in [4.69, 9.17) is 10.7 Å². The van der Waals surface area contributed by atoms with E-state index in [2.05, 4.69) is 42.7 Å². The second kappa shape index (κ2) is 4.72. The van der Waals surface area contributed by atoms with Crippen molar-refractivity contribution in [3.63, 3.8) is 0 Å². The first kappa shape index (κ1) is 12.3. The molecule has 2 aromatic rings. The Labute approximate surface area is 114 Å². The molecule has 100 valence electrons. The van der Waals surface area contributed by atoms with Gasteiger partial charge in [0.1, 0.15) is 11.6 Å². The van der Waals surface area contributed by atoms with Crippen LogP contribution in [0.4, 0.5) is 5.82 Å². The molecule has 1 aliphatic rings. The van der Waals surface area contributed by atoms with Gasteiger partial charge in [0.15, 0.2) is 0 Å². The van der Waals surface area contributed by atoms with Crippen molar-refractivity contribution in [2.75, 3.05) is 5.73 Å². The Morgan fingerprint density at radius 3 is 2.53 bits per heavy atom. The van der Waals surface area contributed by atoms with E-state index in [-0.39, 0.29) is 0 Å². The summed E-state index contributed by atoms with van der Waals surface area (Å²) in [4.78, 5) is 4.81. The summed E-state index contributed by atoms with van der Waals surface area (Å²) >= 11 is 0. The monoisotopic (exact) mass is 255 g/mol. The smallest absolute Gasteiger partial charge is 0.127 e. The fourth-order valence-electron chi connectivity index (χ4n) is 2.53. The minimum Gasteiger partial charge on any atom is -0.384 e. The summed E-state index contributed by atoms with van der Waals surface area (Å²) in [5.41, 5.74) is 8.73. The summed E-state index contributed by atoms with van der Waals surface area (Å²) in [6, 6.07) is 10.5. The summed E-state index contributed by atoms with van der Waals surface area (Å²) < 4.78 is 2.19. The van der Waals surface area contributed by atoms with Gasteiger partial charge in [0.25, 0.3) is 0 Å². The molecule has 1 saturated carbocycles. The van der Waals surface area contributed by atoms with Crippen molar-refractivity contribution in [2.24, 2.45) is 0 Å². The van der Waals surface area contributed by atoms with Gasteiger partial charge in [0, 0.05) is 11.8 Å². The maximum absolute atomic E-state index is 6.33. The lowest BCUT2D eigenvalue weighted by Gasteiger charge is -2.12. The van der Waals surface area contributed by atoms with Crippen LogP contribution in [-0.4, -0.2) is 9.55 Å². The van der Waals surface area contributed by atoms with E-state index < -0.39 is 0 Å². The van der Waals surface area contributed by atoms with E-state index >= 15 is 0 Å². The molecule has 0 aliphatic heterocycles. The zero-order valence-corrected chi connectivity index (χ0v) is 11.6. The number of hydrogen-bond acceptors (Lipinski definition) is 2. The lowest BCUT2D eigenvalue weighted by Crippen LogP contribution is -2.09. The highest BCUT2D eigenvalue weighted by molar-refractivity contribution is 5.44. The van der Waals surface area contributed by atoms with Gasteiger partial charge in [-0.2, -0.15) is 0 Å². The maximum atomic E-state index is 6.33. The molecule has 3 rings (SSSR count). The molecule has 0 bridgehead atoms. The Hall–Kier alpha value is -1.77. The van der Waals surface area contributed by atoms with Gasteiger partial charge in [-0.05, 0) is 18.4 Å². The van der Waals surface area contributed by atoms with Crippen LogP contribution in [0, 0.1) is 0 Å². The quantitative estimate of drug-likeness (QED) is 0.908. The van der Waals surface area contributed by atoms with Gasteiger partial charge < -0.3 is 10.3 Å². The summed E-state index contributed by atoms with van der Waals surface area (Å²) in [5.74, 6) is 2.99. The molecule has 1 aromatic carbocycles. The molecule has 3 heteroatoms. The highest BCUT2D eigenvalue weighted by atomic mass is 15.1. The van der Waals surface area contributed by atoms with Crippen LogP contribution >= 0.6 is 0 Å². The molecule has 0 unspecified atom stereocenters. The number of anilines is 1. The van der Waals surface area contributed by atoms with Crippen LogP contribution in [0.25, 0.3) is 0 Å². The summed E-state index contributed by atoms with van der Waals surface area (Å²) in [5, 5.41) is 0. The van der Waals surface area contributed by atoms with Gasteiger partial charge in [-0.25, -0.2) is 4.98 Å². The lowest BCUT2D eigenvalue weighted by molar-refractivity contribution is 0.675. The molecule has 0 atom stereocenters. The molecular formula is C16H21N3. The number of benzene rings is 1. The molecule has 0 spiro atoms. The van der Waals surface area contributed by atoms with Crippen LogP contribution in [0.3, 0.4) is 0 Å². The van der Waals surface area contributed by atoms with Crippen molar-refractivity contribution in [3.8, 4) is 0 Å². The van der Waals surface area contributed by atoms with Crippen LogP contribution in [0.5, 0.6) is 0 Å². The van der Waals surface area contributed by atoms with Crippen LogP contribution < -0.4 is 5.73 Å². The number of rotatable bonds is 4. The first-order chi connectivity index (χ1) is 9.16. The third kappa shape index (κ3) is 2.37. The van der Waals surface area contributed by atoms with Crippen molar-refractivity contribution in [1.82, 2.24) is 9.55 Å². The molecule has 2 N–H and O–H groups in total. The SMILES string of the molecule is CC(C)c1nc(C2CC2)c(N)n1Cc1ccccc1. The van der Waals surface area contributed by atoms with E-state index in [1.807, 2.05) is 6.07 Å². The Balaban J connectivity index is 1.98. The minimum atomic E-state index is 0.401. The van der Waals surface area contributed by atoms with Crippen molar-refractivity contribution < 1.29 is 0 Å². The molecule has 0 saturated heterocycles. The van der Waals surface area contributed by atoms with Crippen molar-refractivity contribution in [2.45, 2.75) is 45.1 Å². The zero-order chi connectivity index (χ0) is 13.4. The summed E-state index contributed by atoms with van der Waals surface area (Å²) in [6.45, 7) is 5.18. The maximum Gasteiger partial charge on any atom is 0.127 e. The van der Waals surface area contributed by atoms with Crippen molar-refractivity contribution in [1.29, 1.82) is 0 Å². The van der Waals surface area contributed by atoms with Crippen molar-refractivity contribution in [3.05, 3.63) is 47.4 Å². The highest BCUT2D eigenvalue weighted by Gasteiger charge is 2.31. The predicted molar refractivity (Wildman–Crippen MR) is 78.2 cm³/mol. The number of aromatic nitrogens is 2. The van der Waals surface area contributed by atoms with E-state index in [0.29, 0.717) is 11.8 Å². The average Bonchev–Trinajstić information content (AvgIpc) is 3.18. The van der Waals surface area contributed by atoms with E-state index in [1.54, 1.807) is 0 Å². The number of nitrogens with zero attached hydrogens (tertiary/aromatic N) is 2. The standard InChI is InChI=1S/C16H21N3/c1-11(2)16-18-14(13-8-9-13)15(17)19(16)10-12-6-4-3-5-7-12/h3-7,11,13H,8-10,17H2,1-2H3. The van der Waals surface area contributed by atoms with Crippen LogP contribution in [0.15, 0.2) is 30.3 Å². The number of imidazole rings is 1. The second-order valence-electron chi connectivity index (χ2n) is 5.74. The predicted octanol–water partition coefficient (Wildman–Crippen LogP) is 3.51. The molecule has 1 fully saturated rings. The Morgan fingerprint density at radius 1 is 1.26 bits per heavy atom. The van der Waals surface area contributed by atoms with Gasteiger partial charge in [0.05, 0.1) is 12.2 Å². The molecule has 1 aliphatic carbocycles. The number of nitrogens with two attached hydrogens (primary N) is 1. The largest absolute Gasteiger partial charge is 0.384 e. The summed E-state index contributed by atoms with van der Waals surface area (Å²) in [7, 11) is 0. The van der Waals surface area contributed by atoms with Crippen LogP contribution in [0.1, 0.15) is 55.6 Å². The van der Waals surface area contributed by atoms with E-state index in [0.717, 1.165) is 23.9 Å². The molecule has 19 heavy (non-hydrogen) atoms. The van der Waals surface area contributed by atoms with Gasteiger partial charge in [-0.3, -0.25) is 0 Å². The fraction of sp³-hybridized carbons (Fsp3) is 0.438. The highest BCUT2D eigenvalue weighted by Crippen LogP contribution is 2.43. The molecule has 1 aromatic heterocycles. The number of hydrogen-bond donors (Lipinski definition) is 1. The van der Waals surface area contributed by atoms with Gasteiger partial charge >= 0.3 is 0 Å². The fourth-order valence-corrected chi connectivity index (χ4v) is 2.53. The van der Waals surface area contributed by atoms with E-state index in [1.165, 1.54) is 18.4 Å². The second-order valence-corrected chi connectivity index (χ2v) is 5.74. The Kier molecular flexibility index (Phi) is 3.05. The van der Waals surface area contributed by atoms with Crippen molar-refractivity contribution >= 4 is 5.82 Å². The Morgan fingerprint density at radius 2 is 1.95 bits per heavy atom. The third-order valence-electron chi connectivity index (χ3n) is 3.73. The van der Waals surface area contributed by atoms with Gasteiger partial charge in [-0.15, -0.1) is 0 Å². The van der Waals surface area contributed by atoms with E-state index in [9.17, 15) is 0 Å². The zero-order valence-electron chi connectivity index (χ0n) is 11.6. The third-order valence-corrected chi connectivity index (χ3v) is 3.73. The lowest BCUT2D eigenvalue weighted by atomic mass is 10.2. The normalized spacial score (nSPS) is 15.1. The molecule has 0 amide bonds. The first-order valence-electron chi connectivity index (χ1n) is 7.06. The molecule has 0 radical (unpaired) electrons. The van der Waals surface area contributed by atoms with Gasteiger partial charge in [0.2, 0.25) is 0 Å².